The molecule has 1 heterocycles. The van der Waals surface area contributed by atoms with E-state index in [1.165, 1.54) is 19.3 Å². The van der Waals surface area contributed by atoms with Crippen LogP contribution in [0.1, 0.15) is 24.3 Å². The lowest BCUT2D eigenvalue weighted by atomic mass is 10.1. The van der Waals surface area contributed by atoms with Crippen molar-refractivity contribution in [1.29, 1.82) is 0 Å². The van der Waals surface area contributed by atoms with Crippen molar-refractivity contribution in [2.24, 2.45) is 11.7 Å². The number of hydrogen-bond acceptors (Lipinski definition) is 6. The predicted octanol–water partition coefficient (Wildman–Crippen LogP) is 1.27. The topological polar surface area (TPSA) is 135 Å². The second-order valence-electron chi connectivity index (χ2n) is 6.59. The number of benzene rings is 1. The summed E-state index contributed by atoms with van der Waals surface area (Å²) in [6.07, 6.45) is 1.45. The minimum absolute atomic E-state index is 0.0350. The van der Waals surface area contributed by atoms with Crippen LogP contribution < -0.4 is 26.4 Å². The van der Waals surface area contributed by atoms with Crippen LogP contribution in [0.5, 0.6) is 11.5 Å². The normalized spacial score (nSPS) is 11.5. The predicted molar refractivity (Wildman–Crippen MR) is 109 cm³/mol. The summed E-state index contributed by atoms with van der Waals surface area (Å²) in [5.74, 6) is -0.430. The van der Waals surface area contributed by atoms with Gasteiger partial charge in [0, 0.05) is 19.3 Å². The second kappa shape index (κ2) is 10.2. The minimum Gasteiger partial charge on any atom is -0.455 e. The largest absolute Gasteiger partial charge is 0.455 e. The molecule has 29 heavy (non-hydrogen) atoms. The Balaban J connectivity index is 2.04. The number of rotatable bonds is 8. The average Bonchev–Trinajstić information content (AvgIpc) is 2.72. The highest BCUT2D eigenvalue weighted by molar-refractivity contribution is 5.96. The van der Waals surface area contributed by atoms with Crippen LogP contribution in [0.15, 0.2) is 42.6 Å². The maximum atomic E-state index is 12.2. The molecule has 0 aliphatic heterocycles. The minimum atomic E-state index is -0.681. The van der Waals surface area contributed by atoms with E-state index in [1.807, 2.05) is 13.8 Å². The van der Waals surface area contributed by atoms with Crippen LogP contribution >= 0.6 is 0 Å². The Kier molecular flexibility index (Phi) is 7.67. The van der Waals surface area contributed by atoms with E-state index in [2.05, 4.69) is 20.9 Å². The number of nitrogens with zero attached hydrogens (tertiary/aromatic N) is 1. The molecule has 1 aromatic carbocycles. The van der Waals surface area contributed by atoms with E-state index < -0.39 is 17.9 Å². The fourth-order valence-corrected chi connectivity index (χ4v) is 2.30. The summed E-state index contributed by atoms with van der Waals surface area (Å²) < 4.78 is 5.80. The number of ether oxygens (including phenoxy) is 1. The van der Waals surface area contributed by atoms with Gasteiger partial charge in [0.2, 0.25) is 11.8 Å². The molecule has 0 aliphatic rings. The molecule has 1 atom stereocenters. The summed E-state index contributed by atoms with van der Waals surface area (Å²) in [7, 11) is 1.51. The molecule has 2 aromatic rings. The van der Waals surface area contributed by atoms with Gasteiger partial charge >= 0.3 is 0 Å². The van der Waals surface area contributed by atoms with Gasteiger partial charge in [0.05, 0.1) is 18.3 Å². The van der Waals surface area contributed by atoms with Gasteiger partial charge < -0.3 is 26.4 Å². The molecule has 9 nitrogen and oxygen atoms in total. The van der Waals surface area contributed by atoms with Crippen LogP contribution in [0.25, 0.3) is 0 Å². The fourth-order valence-electron chi connectivity index (χ4n) is 2.30. The number of pyridine rings is 1. The molecule has 3 amide bonds. The SMILES string of the molecule is CNC(=O)c1cc(Oc2ccccc2NC(=O)CNC(=O)[C@@H](N)C(C)C)ccn1. The van der Waals surface area contributed by atoms with Gasteiger partial charge in [0.15, 0.2) is 5.75 Å². The second-order valence-corrected chi connectivity index (χ2v) is 6.59. The van der Waals surface area contributed by atoms with Gasteiger partial charge in [0.25, 0.3) is 5.91 Å². The quantitative estimate of drug-likeness (QED) is 0.528. The van der Waals surface area contributed by atoms with Crippen molar-refractivity contribution in [3.63, 3.8) is 0 Å². The maximum absolute atomic E-state index is 12.2. The van der Waals surface area contributed by atoms with E-state index in [0.29, 0.717) is 17.2 Å². The first-order chi connectivity index (χ1) is 13.8. The molecule has 9 heteroatoms. The molecule has 0 unspecified atom stereocenters. The highest BCUT2D eigenvalue weighted by Crippen LogP contribution is 2.29. The Bertz CT molecular complexity index is 885. The highest BCUT2D eigenvalue weighted by atomic mass is 16.5. The summed E-state index contributed by atoms with van der Waals surface area (Å²) in [6.45, 7) is 3.43. The van der Waals surface area contributed by atoms with E-state index in [4.69, 9.17) is 10.5 Å². The third-order valence-electron chi connectivity index (χ3n) is 4.02. The molecule has 154 valence electrons. The average molecular weight is 399 g/mol. The Labute approximate surface area is 169 Å². The van der Waals surface area contributed by atoms with Crippen LogP contribution in [0.3, 0.4) is 0 Å². The Hall–Kier alpha value is -3.46. The van der Waals surface area contributed by atoms with E-state index in [9.17, 15) is 14.4 Å². The van der Waals surface area contributed by atoms with Gasteiger partial charge in [-0.3, -0.25) is 19.4 Å². The third-order valence-corrected chi connectivity index (χ3v) is 4.02. The number of carbonyl (C=O) groups excluding carboxylic acids is 3. The molecular formula is C20H25N5O4. The van der Waals surface area contributed by atoms with Crippen molar-refractivity contribution < 1.29 is 19.1 Å². The third kappa shape index (κ3) is 6.28. The van der Waals surface area contributed by atoms with Crippen molar-refractivity contribution in [2.75, 3.05) is 18.9 Å². The number of nitrogens with one attached hydrogen (secondary N) is 3. The van der Waals surface area contributed by atoms with Crippen LogP contribution in [0, 0.1) is 5.92 Å². The van der Waals surface area contributed by atoms with Crippen molar-refractivity contribution >= 4 is 23.4 Å². The number of carbonyl (C=O) groups is 3. The molecule has 0 fully saturated rings. The van der Waals surface area contributed by atoms with Crippen LogP contribution in [0.2, 0.25) is 0 Å². The molecule has 0 bridgehead atoms. The first kappa shape index (κ1) is 21.8. The standard InChI is InChI=1S/C20H25N5O4/c1-12(2)18(21)20(28)24-11-17(26)25-14-6-4-5-7-16(14)29-13-8-9-23-15(10-13)19(27)22-3/h4-10,12,18H,11,21H2,1-3H3,(H,22,27)(H,24,28)(H,25,26)/t18-/m0/s1. The lowest BCUT2D eigenvalue weighted by Gasteiger charge is -2.16. The smallest absolute Gasteiger partial charge is 0.269 e. The summed E-state index contributed by atoms with van der Waals surface area (Å²) in [6, 6.07) is 9.22. The Morgan fingerprint density at radius 1 is 1.17 bits per heavy atom. The first-order valence-corrected chi connectivity index (χ1v) is 9.10. The number of para-hydroxylation sites is 2. The molecule has 2 rings (SSSR count). The van der Waals surface area contributed by atoms with Crippen molar-refractivity contribution in [3.8, 4) is 11.5 Å². The molecule has 0 aliphatic carbocycles. The zero-order chi connectivity index (χ0) is 21.4. The molecule has 5 N–H and O–H groups in total. The van der Waals surface area contributed by atoms with Crippen LogP contribution in [0.4, 0.5) is 5.69 Å². The summed E-state index contributed by atoms with van der Waals surface area (Å²) in [5, 5.41) is 7.69. The monoisotopic (exact) mass is 399 g/mol. The van der Waals surface area contributed by atoms with E-state index in [0.717, 1.165) is 0 Å². The zero-order valence-corrected chi connectivity index (χ0v) is 16.6. The van der Waals surface area contributed by atoms with Gasteiger partial charge in [-0.05, 0) is 24.1 Å². The van der Waals surface area contributed by atoms with Gasteiger partial charge in [-0.15, -0.1) is 0 Å². The van der Waals surface area contributed by atoms with Crippen molar-refractivity contribution in [3.05, 3.63) is 48.3 Å². The number of amides is 3. The van der Waals surface area contributed by atoms with Gasteiger partial charge in [0.1, 0.15) is 11.4 Å². The number of anilines is 1. The highest BCUT2D eigenvalue weighted by Gasteiger charge is 2.18. The fraction of sp³-hybridized carbons (Fsp3) is 0.300. The molecule has 0 spiro atoms. The Morgan fingerprint density at radius 3 is 2.59 bits per heavy atom. The van der Waals surface area contributed by atoms with E-state index in [-0.39, 0.29) is 24.1 Å². The summed E-state index contributed by atoms with van der Waals surface area (Å²) in [5.41, 5.74) is 6.37. The van der Waals surface area contributed by atoms with E-state index >= 15 is 0 Å². The molecule has 0 saturated heterocycles. The van der Waals surface area contributed by atoms with Gasteiger partial charge in [-0.2, -0.15) is 0 Å². The summed E-state index contributed by atoms with van der Waals surface area (Å²) >= 11 is 0. The summed E-state index contributed by atoms with van der Waals surface area (Å²) in [4.78, 5) is 39.8. The number of nitrogens with two attached hydrogens (primary N) is 1. The number of hydrogen-bond donors (Lipinski definition) is 4. The molecule has 1 aromatic heterocycles. The van der Waals surface area contributed by atoms with Crippen LogP contribution in [-0.2, 0) is 9.59 Å². The maximum Gasteiger partial charge on any atom is 0.269 e. The molecule has 0 radical (unpaired) electrons. The van der Waals surface area contributed by atoms with Crippen LogP contribution in [-0.4, -0.2) is 42.3 Å². The zero-order valence-electron chi connectivity index (χ0n) is 16.6. The lowest BCUT2D eigenvalue weighted by molar-refractivity contribution is -0.125. The van der Waals surface area contributed by atoms with E-state index in [1.54, 1.807) is 30.3 Å². The van der Waals surface area contributed by atoms with Gasteiger partial charge in [-0.25, -0.2) is 0 Å². The number of aromatic nitrogens is 1. The van der Waals surface area contributed by atoms with Crippen molar-refractivity contribution in [1.82, 2.24) is 15.6 Å². The Morgan fingerprint density at radius 2 is 1.90 bits per heavy atom. The van der Waals surface area contributed by atoms with Crippen molar-refractivity contribution in [2.45, 2.75) is 19.9 Å². The van der Waals surface area contributed by atoms with Gasteiger partial charge in [-0.1, -0.05) is 26.0 Å². The lowest BCUT2D eigenvalue weighted by Crippen LogP contribution is -2.46. The molecule has 0 saturated carbocycles. The molecular weight excluding hydrogens is 374 g/mol. The first-order valence-electron chi connectivity index (χ1n) is 9.10.